The van der Waals surface area contributed by atoms with Gasteiger partial charge in [0, 0.05) is 31.4 Å². The van der Waals surface area contributed by atoms with Crippen LogP contribution in [-0.2, 0) is 26.5 Å². The highest BCUT2D eigenvalue weighted by molar-refractivity contribution is 7.91. The van der Waals surface area contributed by atoms with E-state index >= 15 is 0 Å². The van der Waals surface area contributed by atoms with Gasteiger partial charge in [-0.2, -0.15) is 0 Å². The molecule has 0 atom stereocenters. The summed E-state index contributed by atoms with van der Waals surface area (Å²) in [6, 6.07) is 7.57. The molecule has 1 aliphatic heterocycles. The summed E-state index contributed by atoms with van der Waals surface area (Å²) in [5.41, 5.74) is 6.50. The number of rotatable bonds is 5. The molecular weight excluding hydrogens is 428 g/mol. The zero-order valence-electron chi connectivity index (χ0n) is 18.5. The summed E-state index contributed by atoms with van der Waals surface area (Å²) in [6.45, 7) is 8.68. The Bertz CT molecular complexity index is 1270. The molecule has 0 bridgehead atoms. The lowest BCUT2D eigenvalue weighted by Gasteiger charge is -2.26. The number of aromatic nitrogens is 3. The fraction of sp³-hybridized carbons (Fsp3) is 0.435. The number of pyridine rings is 1. The molecule has 0 spiro atoms. The number of nitrogens with zero attached hydrogens (tertiary/aromatic N) is 3. The second-order valence-corrected chi connectivity index (χ2v) is 11.2. The van der Waals surface area contributed by atoms with Gasteiger partial charge in [0.15, 0.2) is 0 Å². The van der Waals surface area contributed by atoms with Crippen LogP contribution in [-0.4, -0.2) is 42.1 Å². The van der Waals surface area contributed by atoms with Crippen LogP contribution in [0.25, 0.3) is 11.0 Å². The van der Waals surface area contributed by atoms with Crippen molar-refractivity contribution in [3.63, 3.8) is 0 Å². The Morgan fingerprint density at radius 1 is 1.16 bits per heavy atom. The molecule has 1 saturated heterocycles. The molecule has 8 nitrogen and oxygen atoms in total. The van der Waals surface area contributed by atoms with Gasteiger partial charge in [0.05, 0.1) is 20.8 Å². The van der Waals surface area contributed by atoms with E-state index in [4.69, 9.17) is 15.5 Å². The maximum Gasteiger partial charge on any atom is 0.267 e. The highest BCUT2D eigenvalue weighted by Crippen LogP contribution is 2.31. The number of sulfone groups is 1. The number of benzene rings is 1. The maximum atomic E-state index is 13.2. The van der Waals surface area contributed by atoms with Crippen molar-refractivity contribution < 1.29 is 17.9 Å². The van der Waals surface area contributed by atoms with E-state index in [1.54, 1.807) is 12.1 Å². The molecule has 32 heavy (non-hydrogen) atoms. The van der Waals surface area contributed by atoms with Gasteiger partial charge in [-0.15, -0.1) is 0 Å². The van der Waals surface area contributed by atoms with E-state index in [-0.39, 0.29) is 20.9 Å². The molecule has 9 heteroatoms. The molecule has 0 radical (unpaired) electrons. The van der Waals surface area contributed by atoms with Crippen LogP contribution in [0, 0.1) is 5.92 Å². The van der Waals surface area contributed by atoms with Gasteiger partial charge in [-0.3, -0.25) is 9.78 Å². The van der Waals surface area contributed by atoms with Crippen molar-refractivity contribution in [1.82, 2.24) is 14.5 Å². The summed E-state index contributed by atoms with van der Waals surface area (Å²) < 4.78 is 34.2. The Kier molecular flexibility index (Phi) is 5.81. The van der Waals surface area contributed by atoms with Gasteiger partial charge < -0.3 is 15.0 Å². The van der Waals surface area contributed by atoms with Crippen LogP contribution in [0.2, 0.25) is 0 Å². The Hall–Kier alpha value is -2.78. The lowest BCUT2D eigenvalue weighted by Crippen LogP contribution is -2.25. The molecule has 0 unspecified atom stereocenters. The van der Waals surface area contributed by atoms with E-state index in [0.717, 1.165) is 43.9 Å². The molecular formula is C23H28N4O4S. The van der Waals surface area contributed by atoms with Gasteiger partial charge in [-0.05, 0) is 49.1 Å². The van der Waals surface area contributed by atoms with Crippen LogP contribution >= 0.6 is 0 Å². The van der Waals surface area contributed by atoms with Crippen molar-refractivity contribution in [2.45, 2.75) is 55.4 Å². The number of imidazole rings is 1. The van der Waals surface area contributed by atoms with E-state index in [2.05, 4.69) is 30.3 Å². The van der Waals surface area contributed by atoms with Gasteiger partial charge in [-0.1, -0.05) is 20.8 Å². The minimum atomic E-state index is -3.87. The topological polar surface area (TPSA) is 117 Å². The zero-order chi connectivity index (χ0) is 23.1. The van der Waals surface area contributed by atoms with Gasteiger partial charge in [-0.25, -0.2) is 13.4 Å². The Morgan fingerprint density at radius 2 is 1.84 bits per heavy atom. The lowest BCUT2D eigenvalue weighted by molar-refractivity contribution is 0.0611. The Morgan fingerprint density at radius 3 is 2.50 bits per heavy atom. The van der Waals surface area contributed by atoms with Crippen molar-refractivity contribution in [2.24, 2.45) is 11.7 Å². The molecule has 1 aromatic carbocycles. The second-order valence-electron chi connectivity index (χ2n) is 9.25. The zero-order valence-corrected chi connectivity index (χ0v) is 19.4. The van der Waals surface area contributed by atoms with Crippen molar-refractivity contribution in [2.75, 3.05) is 13.2 Å². The third-order valence-corrected chi connectivity index (χ3v) is 7.53. The predicted octanol–water partition coefficient (Wildman–Crippen LogP) is 3.09. The molecule has 2 aromatic heterocycles. The first kappa shape index (κ1) is 22.4. The summed E-state index contributed by atoms with van der Waals surface area (Å²) in [4.78, 5) is 20.2. The van der Waals surface area contributed by atoms with E-state index in [9.17, 15) is 13.2 Å². The molecule has 1 fully saturated rings. The van der Waals surface area contributed by atoms with Crippen molar-refractivity contribution in [1.29, 1.82) is 0 Å². The molecule has 0 aliphatic carbocycles. The van der Waals surface area contributed by atoms with Crippen LogP contribution in [0.1, 0.15) is 49.9 Å². The van der Waals surface area contributed by atoms with E-state index in [1.165, 1.54) is 18.3 Å². The number of ether oxygens (including phenoxy) is 1. The molecule has 0 saturated carbocycles. The first-order valence-electron chi connectivity index (χ1n) is 10.7. The fourth-order valence-corrected chi connectivity index (χ4v) is 5.36. The van der Waals surface area contributed by atoms with Gasteiger partial charge in [0.25, 0.3) is 5.91 Å². The van der Waals surface area contributed by atoms with Gasteiger partial charge in [0.2, 0.25) is 9.84 Å². The summed E-state index contributed by atoms with van der Waals surface area (Å²) in [7, 11) is -3.87. The smallest absolute Gasteiger partial charge is 0.267 e. The van der Waals surface area contributed by atoms with Crippen molar-refractivity contribution in [3.05, 3.63) is 48.0 Å². The third kappa shape index (κ3) is 4.27. The minimum absolute atomic E-state index is 0.0293. The van der Waals surface area contributed by atoms with E-state index < -0.39 is 15.7 Å². The van der Waals surface area contributed by atoms with Crippen molar-refractivity contribution in [3.8, 4) is 0 Å². The Labute approximate surface area is 187 Å². The van der Waals surface area contributed by atoms with Crippen LogP contribution in [0.3, 0.4) is 0 Å². The molecule has 3 heterocycles. The summed E-state index contributed by atoms with van der Waals surface area (Å²) in [6.07, 6.45) is 3.27. The number of amides is 1. The number of hydrogen-bond acceptors (Lipinski definition) is 6. The lowest BCUT2D eigenvalue weighted by atomic mass is 9.94. The molecule has 1 aliphatic rings. The first-order chi connectivity index (χ1) is 15.1. The van der Waals surface area contributed by atoms with Crippen LogP contribution in [0.4, 0.5) is 0 Å². The molecule has 1 amide bonds. The van der Waals surface area contributed by atoms with Gasteiger partial charge >= 0.3 is 0 Å². The third-order valence-electron chi connectivity index (χ3n) is 5.78. The highest BCUT2D eigenvalue weighted by atomic mass is 32.2. The summed E-state index contributed by atoms with van der Waals surface area (Å²) in [5.74, 6) is 0.641. The Balaban J connectivity index is 1.79. The summed E-state index contributed by atoms with van der Waals surface area (Å²) >= 11 is 0. The molecule has 4 rings (SSSR count). The van der Waals surface area contributed by atoms with Crippen LogP contribution in [0.5, 0.6) is 0 Å². The normalized spacial score (nSPS) is 15.8. The average Bonchev–Trinajstić information content (AvgIpc) is 3.13. The average molecular weight is 457 g/mol. The largest absolute Gasteiger partial charge is 0.381 e. The predicted molar refractivity (Wildman–Crippen MR) is 120 cm³/mol. The van der Waals surface area contributed by atoms with E-state index in [0.29, 0.717) is 11.4 Å². The maximum absolute atomic E-state index is 13.2. The number of nitrogens with two attached hydrogens (primary N) is 1. The number of carbonyl (C=O) groups excluding carboxylic acids is 1. The second kappa shape index (κ2) is 8.29. The molecule has 2 N–H and O–H groups in total. The summed E-state index contributed by atoms with van der Waals surface area (Å²) in [5, 5.41) is 0. The monoisotopic (exact) mass is 456 g/mol. The van der Waals surface area contributed by atoms with Crippen LogP contribution < -0.4 is 5.73 Å². The highest BCUT2D eigenvalue weighted by Gasteiger charge is 2.27. The SMILES string of the molecule is CC(C)(C)c1nc2cc(S(=O)(=O)c3ccnc(C(N)=O)c3)ccc2n1CC1CCOCC1. The minimum Gasteiger partial charge on any atom is -0.381 e. The number of hydrogen-bond donors (Lipinski definition) is 1. The number of fused-ring (bicyclic) bond motifs is 1. The van der Waals surface area contributed by atoms with Crippen molar-refractivity contribution >= 4 is 26.8 Å². The van der Waals surface area contributed by atoms with Crippen LogP contribution in [0.15, 0.2) is 46.3 Å². The number of carbonyl (C=O) groups is 1. The number of primary amides is 1. The standard InChI is InChI=1S/C23H28N4O4S/c1-23(2,3)22-26-18-12-16(32(29,30)17-6-9-25-19(13-17)21(24)28)4-5-20(18)27(22)14-15-7-10-31-11-8-15/h4-6,9,12-13,15H,7-8,10-11,14H2,1-3H3,(H2,24,28). The van der Waals surface area contributed by atoms with E-state index in [1.807, 2.05) is 6.07 Å². The molecule has 170 valence electrons. The molecule has 3 aromatic rings. The first-order valence-corrected chi connectivity index (χ1v) is 12.1. The fourth-order valence-electron chi connectivity index (χ4n) is 4.07. The van der Waals surface area contributed by atoms with Gasteiger partial charge in [0.1, 0.15) is 11.5 Å². The quantitative estimate of drug-likeness (QED) is 0.630.